The van der Waals surface area contributed by atoms with Gasteiger partial charge >= 0.3 is 5.97 Å². The first-order valence-corrected chi connectivity index (χ1v) is 9.87. The van der Waals surface area contributed by atoms with Crippen molar-refractivity contribution in [2.45, 2.75) is 6.92 Å². The molecular weight excluding hydrogens is 435 g/mol. The molecule has 7 nitrogen and oxygen atoms in total. The number of thiophene rings is 1. The Labute approximate surface area is 179 Å². The number of nitro benzene ring substituents is 1. The summed E-state index contributed by atoms with van der Waals surface area (Å²) < 4.78 is 18.4. The topological polar surface area (TPSA) is 98.5 Å². The largest absolute Gasteiger partial charge is 0.462 e. The number of nitrogens with one attached hydrogen (secondary N) is 1. The van der Waals surface area contributed by atoms with Gasteiger partial charge in [0.05, 0.1) is 11.5 Å². The Morgan fingerprint density at radius 2 is 1.93 bits per heavy atom. The predicted octanol–water partition coefficient (Wildman–Crippen LogP) is 5.54. The predicted molar refractivity (Wildman–Crippen MR) is 112 cm³/mol. The standard InChI is InChI=1S/C20H14ClFN2O5S/c1-2-29-20(26)17-15(11-3-6-13(22)7-4-11)10-30-19(17)23-18(25)14-9-12(21)5-8-16(14)24(27)28/h3-10H,2H2,1H3,(H,23,25). The van der Waals surface area contributed by atoms with Gasteiger partial charge in [-0.05, 0) is 36.8 Å². The third kappa shape index (κ3) is 4.47. The van der Waals surface area contributed by atoms with E-state index in [0.29, 0.717) is 11.1 Å². The molecule has 10 heteroatoms. The fraction of sp³-hybridized carbons (Fsp3) is 0.100. The molecule has 0 saturated carbocycles. The van der Waals surface area contributed by atoms with Crippen LogP contribution in [0.15, 0.2) is 47.8 Å². The number of esters is 1. The molecule has 0 aliphatic rings. The van der Waals surface area contributed by atoms with Gasteiger partial charge in [0.1, 0.15) is 21.9 Å². The lowest BCUT2D eigenvalue weighted by Crippen LogP contribution is -2.16. The third-order valence-electron chi connectivity index (χ3n) is 4.05. The van der Waals surface area contributed by atoms with Gasteiger partial charge in [0.15, 0.2) is 0 Å². The van der Waals surface area contributed by atoms with Crippen molar-refractivity contribution < 1.29 is 23.6 Å². The van der Waals surface area contributed by atoms with Crippen molar-refractivity contribution in [2.24, 2.45) is 0 Å². The molecule has 1 heterocycles. The van der Waals surface area contributed by atoms with Crippen molar-refractivity contribution in [3.05, 3.63) is 79.9 Å². The van der Waals surface area contributed by atoms with Crippen molar-refractivity contribution in [3.63, 3.8) is 0 Å². The van der Waals surface area contributed by atoms with Gasteiger partial charge in [-0.15, -0.1) is 11.3 Å². The highest BCUT2D eigenvalue weighted by atomic mass is 35.5. The van der Waals surface area contributed by atoms with Crippen LogP contribution in [0.2, 0.25) is 5.02 Å². The summed E-state index contributed by atoms with van der Waals surface area (Å²) in [6.07, 6.45) is 0. The number of amides is 1. The van der Waals surface area contributed by atoms with Crippen LogP contribution in [-0.4, -0.2) is 23.4 Å². The van der Waals surface area contributed by atoms with Gasteiger partial charge in [-0.1, -0.05) is 23.7 Å². The minimum absolute atomic E-state index is 0.0755. The number of carbonyl (C=O) groups is 2. The molecule has 1 N–H and O–H groups in total. The quantitative estimate of drug-likeness (QED) is 0.303. The average molecular weight is 449 g/mol. The van der Waals surface area contributed by atoms with Gasteiger partial charge in [0.25, 0.3) is 11.6 Å². The van der Waals surface area contributed by atoms with Gasteiger partial charge in [-0.2, -0.15) is 0 Å². The van der Waals surface area contributed by atoms with Crippen molar-refractivity contribution in [3.8, 4) is 11.1 Å². The summed E-state index contributed by atoms with van der Waals surface area (Å²) in [5.74, 6) is -1.93. The Morgan fingerprint density at radius 3 is 2.57 bits per heavy atom. The molecule has 3 aromatic rings. The number of halogens is 2. The van der Waals surface area contributed by atoms with Gasteiger partial charge in [0.2, 0.25) is 0 Å². The Kier molecular flexibility index (Phi) is 6.43. The minimum atomic E-state index is -0.803. The van der Waals surface area contributed by atoms with Crippen molar-refractivity contribution in [2.75, 3.05) is 11.9 Å². The zero-order valence-electron chi connectivity index (χ0n) is 15.5. The maximum Gasteiger partial charge on any atom is 0.341 e. The molecule has 30 heavy (non-hydrogen) atoms. The number of ether oxygens (including phenoxy) is 1. The Hall–Kier alpha value is -3.30. The number of hydrogen-bond acceptors (Lipinski definition) is 6. The number of hydrogen-bond donors (Lipinski definition) is 1. The number of nitrogens with zero attached hydrogens (tertiary/aromatic N) is 1. The van der Waals surface area contributed by atoms with E-state index in [-0.39, 0.29) is 27.8 Å². The lowest BCUT2D eigenvalue weighted by atomic mass is 10.0. The van der Waals surface area contributed by atoms with Crippen LogP contribution >= 0.6 is 22.9 Å². The van der Waals surface area contributed by atoms with E-state index in [1.807, 2.05) is 0 Å². The highest BCUT2D eigenvalue weighted by Crippen LogP contribution is 2.37. The van der Waals surface area contributed by atoms with Gasteiger partial charge in [0, 0.05) is 22.0 Å². The van der Waals surface area contributed by atoms with Crippen LogP contribution in [0.4, 0.5) is 15.1 Å². The van der Waals surface area contributed by atoms with Crippen LogP contribution in [0.3, 0.4) is 0 Å². The zero-order chi connectivity index (χ0) is 21.8. The van der Waals surface area contributed by atoms with E-state index < -0.39 is 28.3 Å². The molecule has 154 valence electrons. The van der Waals surface area contributed by atoms with Gasteiger partial charge in [-0.25, -0.2) is 9.18 Å². The molecule has 0 fully saturated rings. The van der Waals surface area contributed by atoms with Crippen LogP contribution in [0, 0.1) is 15.9 Å². The zero-order valence-corrected chi connectivity index (χ0v) is 17.1. The maximum atomic E-state index is 13.3. The highest BCUT2D eigenvalue weighted by Gasteiger charge is 2.26. The monoisotopic (exact) mass is 448 g/mol. The summed E-state index contributed by atoms with van der Waals surface area (Å²) in [7, 11) is 0. The summed E-state index contributed by atoms with van der Waals surface area (Å²) >= 11 is 6.93. The average Bonchev–Trinajstić information content (AvgIpc) is 3.12. The third-order valence-corrected chi connectivity index (χ3v) is 5.18. The number of nitro groups is 1. The molecule has 0 aliphatic heterocycles. The normalized spacial score (nSPS) is 10.5. The Bertz CT molecular complexity index is 1130. The SMILES string of the molecule is CCOC(=O)c1c(-c2ccc(F)cc2)csc1NC(=O)c1cc(Cl)ccc1[N+](=O)[O-]. The molecule has 0 aliphatic carbocycles. The summed E-state index contributed by atoms with van der Waals surface area (Å²) in [5, 5.41) is 15.7. The van der Waals surface area contributed by atoms with Crippen molar-refractivity contribution in [1.82, 2.24) is 0 Å². The first kappa shape index (κ1) is 21.4. The Balaban J connectivity index is 2.03. The summed E-state index contributed by atoms with van der Waals surface area (Å²) in [4.78, 5) is 35.9. The van der Waals surface area contributed by atoms with E-state index in [2.05, 4.69) is 5.32 Å². The summed E-state index contributed by atoms with van der Waals surface area (Å²) in [6.45, 7) is 1.74. The van der Waals surface area contributed by atoms with Crippen molar-refractivity contribution in [1.29, 1.82) is 0 Å². The van der Waals surface area contributed by atoms with E-state index in [1.54, 1.807) is 12.3 Å². The van der Waals surface area contributed by atoms with Gasteiger partial charge in [-0.3, -0.25) is 14.9 Å². The first-order valence-electron chi connectivity index (χ1n) is 8.61. The van der Waals surface area contributed by atoms with Crippen LogP contribution in [0.1, 0.15) is 27.6 Å². The van der Waals surface area contributed by atoms with Crippen LogP contribution in [0.5, 0.6) is 0 Å². The molecule has 1 amide bonds. The molecule has 0 radical (unpaired) electrons. The van der Waals surface area contributed by atoms with Crippen molar-refractivity contribution >= 4 is 45.5 Å². The second-order valence-electron chi connectivity index (χ2n) is 5.95. The summed E-state index contributed by atoms with van der Waals surface area (Å²) in [6, 6.07) is 9.08. The minimum Gasteiger partial charge on any atom is -0.462 e. The fourth-order valence-electron chi connectivity index (χ4n) is 2.72. The lowest BCUT2D eigenvalue weighted by Gasteiger charge is -2.09. The Morgan fingerprint density at radius 1 is 1.23 bits per heavy atom. The fourth-order valence-corrected chi connectivity index (χ4v) is 3.84. The van der Waals surface area contributed by atoms with E-state index in [1.165, 1.54) is 36.4 Å². The number of benzene rings is 2. The molecule has 2 aromatic carbocycles. The summed E-state index contributed by atoms with van der Waals surface area (Å²) in [5.41, 5.74) is 0.384. The number of anilines is 1. The molecule has 0 saturated heterocycles. The molecule has 1 aromatic heterocycles. The molecule has 0 unspecified atom stereocenters. The highest BCUT2D eigenvalue weighted by molar-refractivity contribution is 7.15. The maximum absolute atomic E-state index is 13.3. The van der Waals surface area contributed by atoms with Crippen LogP contribution in [-0.2, 0) is 4.74 Å². The molecule has 0 spiro atoms. The van der Waals surface area contributed by atoms with E-state index in [0.717, 1.165) is 17.4 Å². The first-order chi connectivity index (χ1) is 14.3. The van der Waals surface area contributed by atoms with Crippen LogP contribution in [0.25, 0.3) is 11.1 Å². The smallest absolute Gasteiger partial charge is 0.341 e. The van der Waals surface area contributed by atoms with E-state index in [9.17, 15) is 24.1 Å². The number of carbonyl (C=O) groups excluding carboxylic acids is 2. The molecule has 3 rings (SSSR count). The molecule has 0 bridgehead atoms. The van der Waals surface area contributed by atoms with E-state index >= 15 is 0 Å². The lowest BCUT2D eigenvalue weighted by molar-refractivity contribution is -0.385. The molecular formula is C20H14ClFN2O5S. The second kappa shape index (κ2) is 9.02. The number of rotatable bonds is 6. The van der Waals surface area contributed by atoms with Gasteiger partial charge < -0.3 is 10.1 Å². The second-order valence-corrected chi connectivity index (χ2v) is 7.27. The van der Waals surface area contributed by atoms with E-state index in [4.69, 9.17) is 16.3 Å². The van der Waals surface area contributed by atoms with Crippen LogP contribution < -0.4 is 5.32 Å². The molecule has 0 atom stereocenters.